The first-order valence-corrected chi connectivity index (χ1v) is 6.29. The normalized spacial score (nSPS) is 21.1. The van der Waals surface area contributed by atoms with E-state index in [2.05, 4.69) is 5.10 Å². The molecule has 1 fully saturated rings. The van der Waals surface area contributed by atoms with Gasteiger partial charge in [0.2, 0.25) is 11.8 Å². The molecule has 0 spiro atoms. The summed E-state index contributed by atoms with van der Waals surface area (Å²) >= 11 is 0. The number of likely N-dealkylation sites (N-methyl/N-ethyl adjacent to an activating group) is 1. The van der Waals surface area contributed by atoms with Crippen molar-refractivity contribution in [1.82, 2.24) is 19.6 Å². The minimum atomic E-state index is -0.356. The van der Waals surface area contributed by atoms with Crippen LogP contribution in [0.3, 0.4) is 0 Å². The lowest BCUT2D eigenvalue weighted by atomic mass is 10.1. The Morgan fingerprint density at radius 3 is 2.79 bits per heavy atom. The van der Waals surface area contributed by atoms with E-state index >= 15 is 0 Å². The summed E-state index contributed by atoms with van der Waals surface area (Å²) in [5, 5.41) is 4.01. The smallest absolute Gasteiger partial charge is 0.244 e. The molecule has 1 aliphatic heterocycles. The van der Waals surface area contributed by atoms with Gasteiger partial charge in [0.15, 0.2) is 0 Å². The first kappa shape index (κ1) is 13.5. The van der Waals surface area contributed by atoms with Crippen LogP contribution in [0.25, 0.3) is 0 Å². The molecule has 1 saturated heterocycles. The molecule has 1 unspecified atom stereocenters. The highest BCUT2D eigenvalue weighted by Crippen LogP contribution is 2.09. The summed E-state index contributed by atoms with van der Waals surface area (Å²) in [4.78, 5) is 27.3. The van der Waals surface area contributed by atoms with Crippen LogP contribution >= 0.6 is 0 Å². The van der Waals surface area contributed by atoms with Crippen LogP contribution in [0.4, 0.5) is 0 Å². The van der Waals surface area contributed by atoms with Gasteiger partial charge in [-0.1, -0.05) is 0 Å². The summed E-state index contributed by atoms with van der Waals surface area (Å²) in [6.45, 7) is 2.54. The molecule has 1 aliphatic rings. The van der Waals surface area contributed by atoms with Crippen LogP contribution in [0.15, 0.2) is 18.5 Å². The predicted octanol–water partition coefficient (Wildman–Crippen LogP) is -1.24. The zero-order chi connectivity index (χ0) is 13.8. The van der Waals surface area contributed by atoms with Crippen LogP contribution in [0.2, 0.25) is 0 Å². The lowest BCUT2D eigenvalue weighted by Crippen LogP contribution is -2.41. The second-order valence-corrected chi connectivity index (χ2v) is 4.90. The summed E-state index contributed by atoms with van der Waals surface area (Å²) in [5.41, 5.74) is 5.38. The molecule has 0 aliphatic carbocycles. The van der Waals surface area contributed by atoms with Crippen molar-refractivity contribution in [1.29, 1.82) is 0 Å². The van der Waals surface area contributed by atoms with Gasteiger partial charge in [0, 0.05) is 38.6 Å². The fourth-order valence-electron chi connectivity index (χ4n) is 2.21. The lowest BCUT2D eigenvalue weighted by Gasteiger charge is -2.22. The maximum absolute atomic E-state index is 12.2. The number of primary amides is 1. The van der Waals surface area contributed by atoms with Crippen molar-refractivity contribution in [3.8, 4) is 0 Å². The molecule has 2 rings (SSSR count). The Balaban J connectivity index is 2.01. The molecular formula is C12H19N5O2. The molecule has 0 saturated carbocycles. The first-order chi connectivity index (χ1) is 9.06. The van der Waals surface area contributed by atoms with Gasteiger partial charge < -0.3 is 15.5 Å². The van der Waals surface area contributed by atoms with Crippen molar-refractivity contribution in [3.63, 3.8) is 0 Å². The van der Waals surface area contributed by atoms with Crippen molar-refractivity contribution < 1.29 is 9.59 Å². The minimum absolute atomic E-state index is 0.0368. The maximum atomic E-state index is 12.2. The number of carbonyl (C=O) groups excluding carboxylic acids is 2. The minimum Gasteiger partial charge on any atom is -0.369 e. The zero-order valence-electron chi connectivity index (χ0n) is 11.0. The van der Waals surface area contributed by atoms with Crippen molar-refractivity contribution in [2.45, 2.75) is 6.54 Å². The molecule has 2 heterocycles. The van der Waals surface area contributed by atoms with Crippen LogP contribution in [-0.2, 0) is 16.1 Å². The number of rotatable bonds is 3. The van der Waals surface area contributed by atoms with Gasteiger partial charge >= 0.3 is 0 Å². The summed E-state index contributed by atoms with van der Waals surface area (Å²) in [5.74, 6) is -0.704. The van der Waals surface area contributed by atoms with Crippen LogP contribution in [0.1, 0.15) is 0 Å². The number of nitrogens with zero attached hydrogens (tertiary/aromatic N) is 4. The van der Waals surface area contributed by atoms with Crippen molar-refractivity contribution in [2.75, 3.05) is 33.2 Å². The molecule has 2 N–H and O–H groups in total. The Kier molecular flexibility index (Phi) is 4.16. The molecule has 1 aromatic rings. The third-order valence-corrected chi connectivity index (χ3v) is 3.34. The molecule has 104 valence electrons. The summed E-state index contributed by atoms with van der Waals surface area (Å²) in [6, 6.07) is 1.77. The van der Waals surface area contributed by atoms with E-state index in [0.29, 0.717) is 19.6 Å². The van der Waals surface area contributed by atoms with Gasteiger partial charge in [0.05, 0.1) is 5.92 Å². The van der Waals surface area contributed by atoms with Gasteiger partial charge in [-0.15, -0.1) is 0 Å². The fraction of sp³-hybridized carbons (Fsp3) is 0.583. The summed E-state index contributed by atoms with van der Waals surface area (Å²) in [6.07, 6.45) is 3.38. The molecule has 0 bridgehead atoms. The van der Waals surface area contributed by atoms with Crippen LogP contribution < -0.4 is 5.73 Å². The van der Waals surface area contributed by atoms with E-state index in [1.54, 1.807) is 28.0 Å². The van der Waals surface area contributed by atoms with Crippen LogP contribution in [0.5, 0.6) is 0 Å². The zero-order valence-corrected chi connectivity index (χ0v) is 11.0. The number of aromatic nitrogens is 2. The predicted molar refractivity (Wildman–Crippen MR) is 69.0 cm³/mol. The third kappa shape index (κ3) is 3.54. The second-order valence-electron chi connectivity index (χ2n) is 4.90. The number of hydrogen-bond acceptors (Lipinski definition) is 4. The van der Waals surface area contributed by atoms with Gasteiger partial charge in [-0.2, -0.15) is 5.10 Å². The van der Waals surface area contributed by atoms with E-state index in [-0.39, 0.29) is 24.3 Å². The fourth-order valence-corrected chi connectivity index (χ4v) is 2.21. The van der Waals surface area contributed by atoms with E-state index < -0.39 is 0 Å². The van der Waals surface area contributed by atoms with E-state index in [9.17, 15) is 9.59 Å². The topological polar surface area (TPSA) is 84.5 Å². The molecule has 19 heavy (non-hydrogen) atoms. The molecule has 1 atom stereocenters. The lowest BCUT2D eigenvalue weighted by molar-refractivity contribution is -0.133. The second kappa shape index (κ2) is 5.83. The molecule has 2 amide bonds. The van der Waals surface area contributed by atoms with Crippen molar-refractivity contribution >= 4 is 11.8 Å². The van der Waals surface area contributed by atoms with Crippen molar-refractivity contribution in [2.24, 2.45) is 11.7 Å². The van der Waals surface area contributed by atoms with E-state index in [0.717, 1.165) is 6.54 Å². The first-order valence-electron chi connectivity index (χ1n) is 6.29. The van der Waals surface area contributed by atoms with Gasteiger partial charge in [0.1, 0.15) is 6.54 Å². The van der Waals surface area contributed by atoms with Gasteiger partial charge in [-0.05, 0) is 13.1 Å². The van der Waals surface area contributed by atoms with E-state index in [1.165, 1.54) is 0 Å². The van der Waals surface area contributed by atoms with Gasteiger partial charge in [-0.3, -0.25) is 14.3 Å². The Labute approximate surface area is 111 Å². The highest BCUT2D eigenvalue weighted by atomic mass is 16.2. The average Bonchev–Trinajstić information content (AvgIpc) is 2.76. The molecule has 0 radical (unpaired) electrons. The van der Waals surface area contributed by atoms with Gasteiger partial charge in [0.25, 0.3) is 0 Å². The summed E-state index contributed by atoms with van der Waals surface area (Å²) in [7, 11) is 1.93. The number of hydrogen-bond donors (Lipinski definition) is 1. The third-order valence-electron chi connectivity index (χ3n) is 3.34. The van der Waals surface area contributed by atoms with Crippen LogP contribution in [0, 0.1) is 5.92 Å². The maximum Gasteiger partial charge on any atom is 0.244 e. The van der Waals surface area contributed by atoms with Crippen molar-refractivity contribution in [3.05, 3.63) is 18.5 Å². The molecule has 1 aromatic heterocycles. The quantitative estimate of drug-likeness (QED) is 0.741. The molecule has 0 aromatic carbocycles. The Bertz CT molecular complexity index is 445. The Morgan fingerprint density at radius 2 is 2.16 bits per heavy atom. The number of amides is 2. The molecule has 7 heteroatoms. The van der Waals surface area contributed by atoms with E-state index in [4.69, 9.17) is 5.73 Å². The number of nitrogens with two attached hydrogens (primary N) is 1. The highest BCUT2D eigenvalue weighted by Gasteiger charge is 2.27. The highest BCUT2D eigenvalue weighted by molar-refractivity contribution is 5.80. The monoisotopic (exact) mass is 265 g/mol. The molecule has 7 nitrogen and oxygen atoms in total. The largest absolute Gasteiger partial charge is 0.369 e. The average molecular weight is 265 g/mol. The van der Waals surface area contributed by atoms with Gasteiger partial charge in [-0.25, -0.2) is 0 Å². The SMILES string of the molecule is CN1CCN(C(=O)Cn2cccn2)CC(C(N)=O)C1. The Hall–Kier alpha value is -1.89. The standard InChI is InChI=1S/C12H19N5O2/c1-15-5-6-16(8-10(7-15)12(13)19)11(18)9-17-4-2-3-14-17/h2-4,10H,5-9H2,1H3,(H2,13,19). The van der Waals surface area contributed by atoms with Crippen LogP contribution in [-0.4, -0.2) is 64.6 Å². The Morgan fingerprint density at radius 1 is 1.37 bits per heavy atom. The summed E-state index contributed by atoms with van der Waals surface area (Å²) < 4.78 is 1.58. The molecular weight excluding hydrogens is 246 g/mol. The van der Waals surface area contributed by atoms with E-state index in [1.807, 2.05) is 11.9 Å². The number of carbonyl (C=O) groups is 2.